The first-order valence-electron chi connectivity index (χ1n) is 6.53. The van der Waals surface area contributed by atoms with Gasteiger partial charge in [0.25, 0.3) is 0 Å². The van der Waals surface area contributed by atoms with Gasteiger partial charge in [-0.2, -0.15) is 0 Å². The summed E-state index contributed by atoms with van der Waals surface area (Å²) >= 11 is 0. The van der Waals surface area contributed by atoms with Gasteiger partial charge < -0.3 is 14.7 Å². The zero-order valence-electron chi connectivity index (χ0n) is 11.5. The lowest BCUT2D eigenvalue weighted by Crippen LogP contribution is -2.53. The molecular formula is C13H23NO4. The van der Waals surface area contributed by atoms with Crippen LogP contribution in [0.4, 0.5) is 0 Å². The zero-order chi connectivity index (χ0) is 13.9. The molecule has 0 spiro atoms. The fourth-order valence-electron chi connectivity index (χ4n) is 2.14. The third-order valence-electron chi connectivity index (χ3n) is 3.75. The van der Waals surface area contributed by atoms with E-state index >= 15 is 0 Å². The van der Waals surface area contributed by atoms with E-state index in [0.717, 1.165) is 6.42 Å². The minimum atomic E-state index is -0.926. The number of carbonyl (C=O) groups excluding carboxylic acids is 1. The lowest BCUT2D eigenvalue weighted by atomic mass is 9.93. The van der Waals surface area contributed by atoms with Gasteiger partial charge in [-0.15, -0.1) is 0 Å². The van der Waals surface area contributed by atoms with Crippen LogP contribution in [0.3, 0.4) is 0 Å². The Morgan fingerprint density at radius 2 is 2.00 bits per heavy atom. The second kappa shape index (κ2) is 6.18. The molecule has 0 aromatic heterocycles. The molecule has 0 radical (unpaired) electrons. The van der Waals surface area contributed by atoms with E-state index in [-0.39, 0.29) is 18.1 Å². The fraction of sp³-hybridized carbons (Fsp3) is 0.846. The summed E-state index contributed by atoms with van der Waals surface area (Å²) < 4.78 is 5.54. The fourth-order valence-corrected chi connectivity index (χ4v) is 2.14. The molecule has 0 bridgehead atoms. The van der Waals surface area contributed by atoms with E-state index in [1.54, 1.807) is 18.7 Å². The number of aliphatic carboxylic acids is 1. The van der Waals surface area contributed by atoms with Crippen LogP contribution < -0.4 is 0 Å². The van der Waals surface area contributed by atoms with Crippen molar-refractivity contribution in [1.82, 2.24) is 4.90 Å². The van der Waals surface area contributed by atoms with Crippen molar-refractivity contribution in [3.63, 3.8) is 0 Å². The monoisotopic (exact) mass is 257 g/mol. The van der Waals surface area contributed by atoms with Crippen molar-refractivity contribution in [1.29, 1.82) is 0 Å². The Kier molecular flexibility index (Phi) is 5.14. The van der Waals surface area contributed by atoms with Gasteiger partial charge in [0, 0.05) is 12.5 Å². The number of morpholine rings is 1. The largest absolute Gasteiger partial charge is 0.481 e. The number of hydrogen-bond acceptors (Lipinski definition) is 3. The molecule has 1 aliphatic rings. The van der Waals surface area contributed by atoms with Crippen molar-refractivity contribution in [2.75, 3.05) is 13.2 Å². The topological polar surface area (TPSA) is 66.8 Å². The summed E-state index contributed by atoms with van der Waals surface area (Å²) in [6.07, 6.45) is 0.844. The van der Waals surface area contributed by atoms with Crippen molar-refractivity contribution < 1.29 is 19.4 Å². The molecule has 1 saturated heterocycles. The molecule has 1 N–H and O–H groups in total. The Bertz CT molecular complexity index is 318. The Labute approximate surface area is 108 Å². The van der Waals surface area contributed by atoms with Crippen LogP contribution >= 0.6 is 0 Å². The summed E-state index contributed by atoms with van der Waals surface area (Å²) in [6, 6.07) is 0.0668. The zero-order valence-corrected chi connectivity index (χ0v) is 11.5. The highest BCUT2D eigenvalue weighted by Gasteiger charge is 2.35. The standard InChI is InChI=1S/C13H23NO4/c1-5-11-7-18-8(2)6-14(11)12(15)9(3)10(4)13(16)17/h8-11H,5-7H2,1-4H3,(H,16,17). The maximum absolute atomic E-state index is 12.4. The molecule has 0 aromatic rings. The third kappa shape index (κ3) is 3.22. The Morgan fingerprint density at radius 3 is 2.50 bits per heavy atom. The predicted octanol–water partition coefficient (Wildman–Crippen LogP) is 1.37. The van der Waals surface area contributed by atoms with E-state index in [1.165, 1.54) is 0 Å². The van der Waals surface area contributed by atoms with E-state index in [9.17, 15) is 9.59 Å². The van der Waals surface area contributed by atoms with Crippen LogP contribution in [0.2, 0.25) is 0 Å². The minimum Gasteiger partial charge on any atom is -0.481 e. The van der Waals surface area contributed by atoms with E-state index in [2.05, 4.69) is 0 Å². The molecule has 1 heterocycles. The molecule has 18 heavy (non-hydrogen) atoms. The molecule has 5 nitrogen and oxygen atoms in total. The average molecular weight is 257 g/mol. The first-order chi connectivity index (χ1) is 8.38. The molecule has 5 heteroatoms. The maximum atomic E-state index is 12.4. The first kappa shape index (κ1) is 15.0. The van der Waals surface area contributed by atoms with Crippen LogP contribution in [0, 0.1) is 11.8 Å². The Balaban J connectivity index is 2.76. The van der Waals surface area contributed by atoms with Gasteiger partial charge in [-0.25, -0.2) is 0 Å². The molecule has 104 valence electrons. The summed E-state index contributed by atoms with van der Waals surface area (Å²) in [5, 5.41) is 8.98. The molecule has 1 amide bonds. The van der Waals surface area contributed by atoms with Gasteiger partial charge in [0.1, 0.15) is 0 Å². The molecule has 1 rings (SSSR count). The molecule has 0 aliphatic carbocycles. The van der Waals surface area contributed by atoms with Crippen molar-refractivity contribution in [3.8, 4) is 0 Å². The summed E-state index contributed by atoms with van der Waals surface area (Å²) in [4.78, 5) is 25.1. The quantitative estimate of drug-likeness (QED) is 0.826. The minimum absolute atomic E-state index is 0.0177. The van der Waals surface area contributed by atoms with Crippen molar-refractivity contribution >= 4 is 11.9 Å². The van der Waals surface area contributed by atoms with Gasteiger partial charge >= 0.3 is 5.97 Å². The molecule has 1 fully saturated rings. The van der Waals surface area contributed by atoms with Crippen LogP contribution in [0.25, 0.3) is 0 Å². The van der Waals surface area contributed by atoms with Crippen LogP contribution in [0.15, 0.2) is 0 Å². The van der Waals surface area contributed by atoms with Gasteiger partial charge in [0.15, 0.2) is 0 Å². The summed E-state index contributed by atoms with van der Waals surface area (Å²) in [6.45, 7) is 8.29. The molecule has 0 aromatic carbocycles. The van der Waals surface area contributed by atoms with E-state index < -0.39 is 17.8 Å². The van der Waals surface area contributed by atoms with Crippen molar-refractivity contribution in [2.45, 2.75) is 46.3 Å². The first-order valence-corrected chi connectivity index (χ1v) is 6.53. The lowest BCUT2D eigenvalue weighted by Gasteiger charge is -2.40. The van der Waals surface area contributed by atoms with E-state index in [1.807, 2.05) is 13.8 Å². The lowest BCUT2D eigenvalue weighted by molar-refractivity contribution is -0.155. The normalized spacial score (nSPS) is 27.7. The number of carbonyl (C=O) groups is 2. The van der Waals surface area contributed by atoms with Crippen molar-refractivity contribution in [3.05, 3.63) is 0 Å². The van der Waals surface area contributed by atoms with Gasteiger partial charge in [-0.05, 0) is 13.3 Å². The van der Waals surface area contributed by atoms with Gasteiger partial charge in [0.05, 0.1) is 24.7 Å². The highest BCUT2D eigenvalue weighted by Crippen LogP contribution is 2.21. The number of carboxylic acid groups (broad SMARTS) is 1. The third-order valence-corrected chi connectivity index (χ3v) is 3.75. The van der Waals surface area contributed by atoms with Gasteiger partial charge in [-0.1, -0.05) is 20.8 Å². The second-order valence-electron chi connectivity index (χ2n) is 5.11. The molecular weight excluding hydrogens is 234 g/mol. The van der Waals surface area contributed by atoms with E-state index in [4.69, 9.17) is 9.84 Å². The predicted molar refractivity (Wildman–Crippen MR) is 67.2 cm³/mol. The number of amides is 1. The summed E-state index contributed by atoms with van der Waals surface area (Å²) in [7, 11) is 0. The second-order valence-corrected chi connectivity index (χ2v) is 5.11. The molecule has 4 atom stereocenters. The number of hydrogen-bond donors (Lipinski definition) is 1. The number of nitrogens with zero attached hydrogens (tertiary/aromatic N) is 1. The smallest absolute Gasteiger partial charge is 0.307 e. The summed E-state index contributed by atoms with van der Waals surface area (Å²) in [5.74, 6) is -2.16. The van der Waals surface area contributed by atoms with Gasteiger partial charge in [0.2, 0.25) is 5.91 Å². The Hall–Kier alpha value is -1.10. The molecule has 4 unspecified atom stereocenters. The van der Waals surface area contributed by atoms with Crippen LogP contribution in [-0.2, 0) is 14.3 Å². The van der Waals surface area contributed by atoms with Crippen LogP contribution in [0.5, 0.6) is 0 Å². The SMILES string of the molecule is CCC1COC(C)CN1C(=O)C(C)C(C)C(=O)O. The number of rotatable bonds is 4. The summed E-state index contributed by atoms with van der Waals surface area (Å²) in [5.41, 5.74) is 0. The number of carboxylic acids is 1. The van der Waals surface area contributed by atoms with Crippen LogP contribution in [0.1, 0.15) is 34.1 Å². The maximum Gasteiger partial charge on any atom is 0.307 e. The van der Waals surface area contributed by atoms with E-state index in [0.29, 0.717) is 13.2 Å². The highest BCUT2D eigenvalue weighted by molar-refractivity contribution is 5.84. The average Bonchev–Trinajstić information content (AvgIpc) is 2.35. The van der Waals surface area contributed by atoms with Crippen LogP contribution in [-0.4, -0.2) is 47.2 Å². The highest BCUT2D eigenvalue weighted by atomic mass is 16.5. The molecule has 0 saturated carbocycles. The number of ether oxygens (including phenoxy) is 1. The van der Waals surface area contributed by atoms with Gasteiger partial charge in [-0.3, -0.25) is 9.59 Å². The Morgan fingerprint density at radius 1 is 1.39 bits per heavy atom. The van der Waals surface area contributed by atoms with Crippen molar-refractivity contribution in [2.24, 2.45) is 11.8 Å². The molecule has 1 aliphatic heterocycles.